The van der Waals surface area contributed by atoms with Gasteiger partial charge in [-0.15, -0.1) is 6.58 Å². The number of hydrogen-bond acceptors (Lipinski definition) is 6. The van der Waals surface area contributed by atoms with Gasteiger partial charge >= 0.3 is 6.09 Å². The SMILES string of the molecule is C=CCN(C(=O)OCc1ccc([N+](=O)[O-])cc1)C1CCN(C[C@H]2C[C@@H](NC(=O)C3CCCCC3)C[C@@H]2c2ccccc2)CC1. The van der Waals surface area contributed by atoms with E-state index in [0.717, 1.165) is 71.0 Å². The summed E-state index contributed by atoms with van der Waals surface area (Å²) in [5, 5.41) is 14.3. The second-order valence-corrected chi connectivity index (χ2v) is 12.7. The molecule has 1 aliphatic heterocycles. The van der Waals surface area contributed by atoms with E-state index in [9.17, 15) is 19.7 Å². The maximum atomic E-state index is 13.1. The number of amides is 2. The molecule has 5 rings (SSSR count). The van der Waals surface area contributed by atoms with Crippen molar-refractivity contribution in [3.63, 3.8) is 0 Å². The second-order valence-electron chi connectivity index (χ2n) is 12.7. The number of likely N-dealkylation sites (tertiary alicyclic amines) is 1. The first-order valence-corrected chi connectivity index (χ1v) is 16.3. The summed E-state index contributed by atoms with van der Waals surface area (Å²) in [5.41, 5.74) is 2.07. The Labute approximate surface area is 260 Å². The number of hydrogen-bond donors (Lipinski definition) is 1. The average Bonchev–Trinajstić information content (AvgIpc) is 3.45. The fourth-order valence-corrected chi connectivity index (χ4v) is 7.44. The van der Waals surface area contributed by atoms with Gasteiger partial charge in [0, 0.05) is 56.3 Å². The van der Waals surface area contributed by atoms with Crippen molar-refractivity contribution >= 4 is 17.7 Å². The fourth-order valence-electron chi connectivity index (χ4n) is 7.44. The highest BCUT2D eigenvalue weighted by Crippen LogP contribution is 2.41. The Balaban J connectivity index is 1.15. The summed E-state index contributed by atoms with van der Waals surface area (Å²) < 4.78 is 5.60. The van der Waals surface area contributed by atoms with Gasteiger partial charge in [-0.2, -0.15) is 0 Å². The van der Waals surface area contributed by atoms with Gasteiger partial charge < -0.3 is 19.9 Å². The first-order valence-electron chi connectivity index (χ1n) is 16.3. The highest BCUT2D eigenvalue weighted by Gasteiger charge is 2.38. The number of nitrogens with zero attached hydrogens (tertiary/aromatic N) is 3. The van der Waals surface area contributed by atoms with Gasteiger partial charge in [0.2, 0.25) is 5.91 Å². The lowest BCUT2D eigenvalue weighted by atomic mass is 9.88. The third-order valence-electron chi connectivity index (χ3n) is 9.81. The molecule has 3 fully saturated rings. The van der Waals surface area contributed by atoms with Crippen molar-refractivity contribution < 1.29 is 19.2 Å². The summed E-state index contributed by atoms with van der Waals surface area (Å²) in [5.74, 6) is 1.31. The number of carbonyl (C=O) groups is 2. The molecule has 44 heavy (non-hydrogen) atoms. The molecule has 3 aliphatic rings. The first kappa shape index (κ1) is 31.7. The van der Waals surface area contributed by atoms with E-state index >= 15 is 0 Å². The van der Waals surface area contributed by atoms with Crippen molar-refractivity contribution in [3.05, 3.63) is 88.5 Å². The second kappa shape index (κ2) is 15.3. The van der Waals surface area contributed by atoms with Crippen molar-refractivity contribution in [3.8, 4) is 0 Å². The Morgan fingerprint density at radius 3 is 2.36 bits per heavy atom. The van der Waals surface area contributed by atoms with E-state index in [1.807, 2.05) is 0 Å². The molecule has 2 amide bonds. The maximum absolute atomic E-state index is 13.1. The van der Waals surface area contributed by atoms with Crippen LogP contribution in [-0.4, -0.2) is 65.0 Å². The Morgan fingerprint density at radius 1 is 1.00 bits per heavy atom. The van der Waals surface area contributed by atoms with Crippen LogP contribution in [0.4, 0.5) is 10.5 Å². The topological polar surface area (TPSA) is 105 Å². The highest BCUT2D eigenvalue weighted by molar-refractivity contribution is 5.79. The first-order chi connectivity index (χ1) is 21.4. The minimum absolute atomic E-state index is 0.00697. The molecule has 1 N–H and O–H groups in total. The lowest BCUT2D eigenvalue weighted by molar-refractivity contribution is -0.384. The number of nitro groups is 1. The normalized spacial score (nSPS) is 23.1. The molecule has 0 radical (unpaired) electrons. The van der Waals surface area contributed by atoms with Crippen molar-refractivity contribution in [1.29, 1.82) is 0 Å². The lowest BCUT2D eigenvalue weighted by Crippen LogP contribution is -2.48. The zero-order valence-corrected chi connectivity index (χ0v) is 25.6. The predicted molar refractivity (Wildman–Crippen MR) is 170 cm³/mol. The minimum atomic E-state index is -0.448. The Morgan fingerprint density at radius 2 is 1.70 bits per heavy atom. The minimum Gasteiger partial charge on any atom is -0.445 e. The van der Waals surface area contributed by atoms with Crippen LogP contribution in [-0.2, 0) is 16.1 Å². The molecule has 2 aromatic rings. The maximum Gasteiger partial charge on any atom is 0.410 e. The molecule has 236 valence electrons. The van der Waals surface area contributed by atoms with Gasteiger partial charge in [0.25, 0.3) is 5.69 Å². The number of non-ortho nitro benzene ring substituents is 1. The molecular weight excluding hydrogens is 556 g/mol. The molecular formula is C35H46N4O5. The monoisotopic (exact) mass is 602 g/mol. The number of carbonyl (C=O) groups excluding carboxylic acids is 2. The van der Waals surface area contributed by atoms with Crippen LogP contribution < -0.4 is 5.32 Å². The van der Waals surface area contributed by atoms with Crippen LogP contribution >= 0.6 is 0 Å². The molecule has 1 saturated heterocycles. The number of nitrogens with one attached hydrogen (secondary N) is 1. The van der Waals surface area contributed by atoms with E-state index in [-0.39, 0.29) is 36.2 Å². The summed E-state index contributed by atoms with van der Waals surface area (Å²) in [6, 6.07) is 17.1. The van der Waals surface area contributed by atoms with Gasteiger partial charge in [0.15, 0.2) is 0 Å². The van der Waals surface area contributed by atoms with Crippen LogP contribution in [0, 0.1) is 22.0 Å². The molecule has 2 aliphatic carbocycles. The van der Waals surface area contributed by atoms with Crippen molar-refractivity contribution in [2.75, 3.05) is 26.2 Å². The van der Waals surface area contributed by atoms with Crippen LogP contribution in [0.2, 0.25) is 0 Å². The van der Waals surface area contributed by atoms with E-state index in [2.05, 4.69) is 47.1 Å². The van der Waals surface area contributed by atoms with Crippen LogP contribution in [0.1, 0.15) is 74.8 Å². The largest absolute Gasteiger partial charge is 0.445 e. The number of piperidine rings is 1. The molecule has 0 aromatic heterocycles. The van der Waals surface area contributed by atoms with Crippen molar-refractivity contribution in [2.45, 2.75) is 82.4 Å². The quantitative estimate of drug-likeness (QED) is 0.180. The summed E-state index contributed by atoms with van der Waals surface area (Å²) >= 11 is 0. The molecule has 9 heteroatoms. The van der Waals surface area contributed by atoms with Crippen LogP contribution in [0.5, 0.6) is 0 Å². The van der Waals surface area contributed by atoms with Crippen molar-refractivity contribution in [1.82, 2.24) is 15.1 Å². The van der Waals surface area contributed by atoms with Gasteiger partial charge in [0.1, 0.15) is 6.61 Å². The van der Waals surface area contributed by atoms with Gasteiger partial charge in [-0.25, -0.2) is 4.79 Å². The molecule has 0 spiro atoms. The van der Waals surface area contributed by atoms with E-state index in [4.69, 9.17) is 4.74 Å². The summed E-state index contributed by atoms with van der Waals surface area (Å²) in [7, 11) is 0. The van der Waals surface area contributed by atoms with Crippen molar-refractivity contribution in [2.24, 2.45) is 11.8 Å². The van der Waals surface area contributed by atoms with E-state index in [0.29, 0.717) is 23.9 Å². The standard InChI is InChI=1S/C35H46N4O5/c1-2-19-38(35(41)44-25-26-13-15-32(16-14-26)39(42)43)31-17-20-37(21-18-31)24-29-22-30(23-33(29)27-9-5-3-6-10-27)36-34(40)28-11-7-4-8-12-28/h2-3,5-6,9-10,13-16,28-31,33H,1,4,7-8,11-12,17-25H2,(H,36,40)/t29-,30-,33-/m1/s1. The van der Waals surface area contributed by atoms with E-state index < -0.39 is 11.0 Å². The Bertz CT molecular complexity index is 1260. The molecule has 3 atom stereocenters. The van der Waals surface area contributed by atoms with Gasteiger partial charge in [-0.3, -0.25) is 14.9 Å². The van der Waals surface area contributed by atoms with Crippen LogP contribution in [0.3, 0.4) is 0 Å². The summed E-state index contributed by atoms with van der Waals surface area (Å²) in [6.45, 7) is 7.08. The molecule has 1 heterocycles. The molecule has 2 aromatic carbocycles. The van der Waals surface area contributed by atoms with Crippen LogP contribution in [0.25, 0.3) is 0 Å². The smallest absolute Gasteiger partial charge is 0.410 e. The molecule has 2 saturated carbocycles. The number of rotatable bonds is 11. The van der Waals surface area contributed by atoms with E-state index in [1.54, 1.807) is 23.1 Å². The third kappa shape index (κ3) is 8.25. The zero-order valence-electron chi connectivity index (χ0n) is 25.6. The van der Waals surface area contributed by atoms with Gasteiger partial charge in [0.05, 0.1) is 4.92 Å². The number of benzene rings is 2. The van der Waals surface area contributed by atoms with E-state index in [1.165, 1.54) is 24.1 Å². The summed E-state index contributed by atoms with van der Waals surface area (Å²) in [6.07, 6.45) is 10.6. The Kier molecular flexibility index (Phi) is 11.0. The molecule has 0 bridgehead atoms. The fraction of sp³-hybridized carbons (Fsp3) is 0.543. The average molecular weight is 603 g/mol. The Hall–Kier alpha value is -3.72. The lowest BCUT2D eigenvalue weighted by Gasteiger charge is -2.39. The zero-order chi connectivity index (χ0) is 30.9. The molecule has 0 unspecified atom stereocenters. The van der Waals surface area contributed by atoms with Gasteiger partial charge in [-0.1, -0.05) is 55.7 Å². The number of ether oxygens (including phenoxy) is 1. The predicted octanol–water partition coefficient (Wildman–Crippen LogP) is 6.44. The highest BCUT2D eigenvalue weighted by atomic mass is 16.6. The van der Waals surface area contributed by atoms with Gasteiger partial charge in [-0.05, 0) is 73.6 Å². The third-order valence-corrected chi connectivity index (χ3v) is 9.81. The number of nitro benzene ring substituents is 1. The van der Waals surface area contributed by atoms with Crippen LogP contribution in [0.15, 0.2) is 67.3 Å². The molecule has 9 nitrogen and oxygen atoms in total. The summed E-state index contributed by atoms with van der Waals surface area (Å²) in [4.78, 5) is 40.9.